The van der Waals surface area contributed by atoms with Gasteiger partial charge >= 0.3 is 20.7 Å². The molecule has 0 aliphatic heterocycles. The molecule has 1 N–H and O–H groups in total. The molecule has 0 amide bonds. The molecule has 0 aliphatic rings. The molecule has 3 unspecified atom stereocenters. The SMILES string of the molecule is CCC(C)(CC(C)(CC(CC(C)(C)C(=O)OCCO)n1c2ccccc2c2ccccc21)C(=O)OCCC[Si](OC)(OC)OC)C(=O)C=O. The summed E-state index contributed by atoms with van der Waals surface area (Å²) in [5.41, 5.74) is -1.60. The summed E-state index contributed by atoms with van der Waals surface area (Å²) in [6.07, 6.45) is 1.56. The van der Waals surface area contributed by atoms with Crippen LogP contribution in [0.4, 0.5) is 0 Å². The first-order valence-corrected chi connectivity index (χ1v) is 18.7. The van der Waals surface area contributed by atoms with E-state index in [0.29, 0.717) is 25.2 Å². The quantitative estimate of drug-likeness (QED) is 0.0458. The zero-order valence-electron chi connectivity index (χ0n) is 30.2. The number of fused-ring (bicyclic) bond motifs is 3. The van der Waals surface area contributed by atoms with Crippen LogP contribution in [0.5, 0.6) is 0 Å². The number of hydrogen-bond acceptors (Lipinski definition) is 10. The lowest BCUT2D eigenvalue weighted by atomic mass is 9.66. The molecule has 0 spiro atoms. The molecular formula is C37H53NO10Si. The predicted octanol–water partition coefficient (Wildman–Crippen LogP) is 6.07. The lowest BCUT2D eigenvalue weighted by molar-refractivity contribution is -0.160. The van der Waals surface area contributed by atoms with Crippen LogP contribution in [0.3, 0.4) is 0 Å². The average Bonchev–Trinajstić information content (AvgIpc) is 3.44. The van der Waals surface area contributed by atoms with Gasteiger partial charge in [-0.05, 0) is 65.0 Å². The highest BCUT2D eigenvalue weighted by atomic mass is 28.4. The molecule has 1 heterocycles. The number of carbonyl (C=O) groups excluding carboxylic acids is 4. The summed E-state index contributed by atoms with van der Waals surface area (Å²) in [6, 6.07) is 15.9. The van der Waals surface area contributed by atoms with Gasteiger partial charge in [-0.3, -0.25) is 19.2 Å². The fourth-order valence-corrected chi connectivity index (χ4v) is 8.62. The van der Waals surface area contributed by atoms with Gasteiger partial charge in [-0.2, -0.15) is 0 Å². The maximum absolute atomic E-state index is 14.3. The van der Waals surface area contributed by atoms with E-state index < -0.39 is 48.8 Å². The van der Waals surface area contributed by atoms with Crippen LogP contribution in [0.15, 0.2) is 48.5 Å². The molecular weight excluding hydrogens is 646 g/mol. The average molecular weight is 700 g/mol. The number of aromatic nitrogens is 1. The van der Waals surface area contributed by atoms with Gasteiger partial charge in [-0.1, -0.05) is 50.2 Å². The van der Waals surface area contributed by atoms with Crippen molar-refractivity contribution >= 4 is 54.6 Å². The molecule has 0 aliphatic carbocycles. The van der Waals surface area contributed by atoms with Crippen molar-refractivity contribution in [3.8, 4) is 0 Å². The lowest BCUT2D eigenvalue weighted by Gasteiger charge is -2.40. The normalized spacial score (nSPS) is 15.4. The standard InChI is InChI=1S/C37H53NO10Si/c1-9-36(4,32(41)25-40)26-37(5,34(43)47-20-14-22-49(44-6,45-7)46-8)24-27(23-35(2,3)33(42)48-21-19-39)38-30-17-12-10-15-28(30)29-16-11-13-18-31(29)38/h10-13,15-18,25,27,39H,9,14,19-24,26H2,1-8H3. The first-order valence-electron chi connectivity index (χ1n) is 16.8. The van der Waals surface area contributed by atoms with Crippen molar-refractivity contribution in [3.05, 3.63) is 48.5 Å². The van der Waals surface area contributed by atoms with E-state index in [-0.39, 0.29) is 39.1 Å². The van der Waals surface area contributed by atoms with Gasteiger partial charge < -0.3 is 32.4 Å². The van der Waals surface area contributed by atoms with E-state index in [1.807, 2.05) is 55.5 Å². The monoisotopic (exact) mass is 699 g/mol. The number of hydrogen-bond donors (Lipinski definition) is 1. The van der Waals surface area contributed by atoms with Crippen molar-refractivity contribution in [1.82, 2.24) is 4.57 Å². The van der Waals surface area contributed by atoms with Gasteiger partial charge in [0.25, 0.3) is 0 Å². The molecule has 0 saturated heterocycles. The van der Waals surface area contributed by atoms with Crippen LogP contribution in [0.25, 0.3) is 21.8 Å². The van der Waals surface area contributed by atoms with Gasteiger partial charge in [-0.25, -0.2) is 0 Å². The largest absolute Gasteiger partial charge is 0.500 e. The second kappa shape index (κ2) is 17.0. The number of carbonyl (C=O) groups is 4. The fourth-order valence-electron chi connectivity index (χ4n) is 6.93. The minimum atomic E-state index is -2.90. The molecule has 2 aromatic carbocycles. The van der Waals surface area contributed by atoms with Crippen molar-refractivity contribution in [2.45, 2.75) is 78.8 Å². The summed E-state index contributed by atoms with van der Waals surface area (Å²) in [5.74, 6) is -1.59. The van der Waals surface area contributed by atoms with Crippen LogP contribution in [0, 0.1) is 16.2 Å². The molecule has 11 nitrogen and oxygen atoms in total. The molecule has 0 saturated carbocycles. The number of Topliss-reactive ketones (excluding diaryl/α,β-unsaturated/α-hetero) is 1. The predicted molar refractivity (Wildman–Crippen MR) is 189 cm³/mol. The molecule has 0 radical (unpaired) electrons. The number of esters is 2. The summed E-state index contributed by atoms with van der Waals surface area (Å²) in [5, 5.41) is 11.4. The molecule has 49 heavy (non-hydrogen) atoms. The zero-order chi connectivity index (χ0) is 36.5. The van der Waals surface area contributed by atoms with Crippen LogP contribution in [-0.4, -0.2) is 83.6 Å². The second-order valence-corrected chi connectivity index (χ2v) is 17.0. The summed E-state index contributed by atoms with van der Waals surface area (Å²) in [6.45, 7) is 8.50. The Morgan fingerprint density at radius 3 is 1.84 bits per heavy atom. The van der Waals surface area contributed by atoms with Crippen LogP contribution in [0.1, 0.15) is 72.8 Å². The van der Waals surface area contributed by atoms with Crippen LogP contribution in [0.2, 0.25) is 6.04 Å². The summed E-state index contributed by atoms with van der Waals surface area (Å²) < 4.78 is 30.0. The number of ketones is 1. The topological polar surface area (TPSA) is 140 Å². The number of aliphatic hydroxyl groups excluding tert-OH is 1. The number of aliphatic hydroxyl groups is 1. The maximum Gasteiger partial charge on any atom is 0.500 e. The van der Waals surface area contributed by atoms with Gasteiger partial charge in [0.1, 0.15) is 6.61 Å². The number of ether oxygens (including phenoxy) is 2. The third-order valence-electron chi connectivity index (χ3n) is 9.84. The molecule has 3 atom stereocenters. The highest BCUT2D eigenvalue weighted by molar-refractivity contribution is 6.60. The Morgan fingerprint density at radius 1 is 0.816 bits per heavy atom. The van der Waals surface area contributed by atoms with Crippen LogP contribution < -0.4 is 0 Å². The molecule has 0 fully saturated rings. The van der Waals surface area contributed by atoms with E-state index in [0.717, 1.165) is 21.8 Å². The van der Waals surface area contributed by atoms with Gasteiger partial charge in [-0.15, -0.1) is 0 Å². The van der Waals surface area contributed by atoms with E-state index in [1.165, 1.54) is 21.3 Å². The van der Waals surface area contributed by atoms with E-state index in [4.69, 9.17) is 22.8 Å². The highest BCUT2D eigenvalue weighted by Gasteiger charge is 2.47. The van der Waals surface area contributed by atoms with Crippen molar-refractivity contribution in [2.75, 3.05) is 41.2 Å². The van der Waals surface area contributed by atoms with E-state index in [2.05, 4.69) is 4.57 Å². The van der Waals surface area contributed by atoms with Gasteiger partial charge in [0.05, 0.1) is 24.0 Å². The van der Waals surface area contributed by atoms with Gasteiger partial charge in [0, 0.05) is 60.6 Å². The van der Waals surface area contributed by atoms with Gasteiger partial charge in [0.15, 0.2) is 6.29 Å². The first kappa shape index (κ1) is 40.0. The second-order valence-electron chi connectivity index (χ2n) is 13.9. The maximum atomic E-state index is 14.3. The minimum absolute atomic E-state index is 0.0445. The number of aldehydes is 1. The Hall–Kier alpha value is -3.42. The number of para-hydroxylation sites is 2. The van der Waals surface area contributed by atoms with Crippen molar-refractivity contribution in [3.63, 3.8) is 0 Å². The molecule has 1 aromatic heterocycles. The third-order valence-corrected chi connectivity index (χ3v) is 12.7. The Balaban J connectivity index is 2.15. The highest BCUT2D eigenvalue weighted by Crippen LogP contribution is 2.47. The minimum Gasteiger partial charge on any atom is -0.465 e. The Bertz CT molecular complexity index is 1540. The summed E-state index contributed by atoms with van der Waals surface area (Å²) in [7, 11) is 1.67. The first-order chi connectivity index (χ1) is 23.2. The fraction of sp³-hybridized carbons (Fsp3) is 0.568. The Kier molecular flexibility index (Phi) is 13.9. The molecule has 0 bridgehead atoms. The van der Waals surface area contributed by atoms with E-state index in [9.17, 15) is 24.3 Å². The van der Waals surface area contributed by atoms with Gasteiger partial charge in [0.2, 0.25) is 5.78 Å². The number of benzene rings is 2. The van der Waals surface area contributed by atoms with E-state index >= 15 is 0 Å². The molecule has 12 heteroatoms. The Labute approximate surface area is 290 Å². The van der Waals surface area contributed by atoms with Crippen LogP contribution >= 0.6 is 0 Å². The smallest absolute Gasteiger partial charge is 0.465 e. The third kappa shape index (κ3) is 9.03. The summed E-state index contributed by atoms with van der Waals surface area (Å²) in [4.78, 5) is 52.6. The molecule has 3 aromatic rings. The van der Waals surface area contributed by atoms with Crippen LogP contribution in [-0.2, 0) is 41.9 Å². The number of nitrogens with zero attached hydrogens (tertiary/aromatic N) is 1. The summed E-state index contributed by atoms with van der Waals surface area (Å²) >= 11 is 0. The van der Waals surface area contributed by atoms with Crippen molar-refractivity contribution in [2.24, 2.45) is 16.2 Å². The van der Waals surface area contributed by atoms with Crippen molar-refractivity contribution < 1.29 is 47.0 Å². The number of rotatable bonds is 21. The zero-order valence-corrected chi connectivity index (χ0v) is 31.2. The lowest BCUT2D eigenvalue weighted by Crippen LogP contribution is -2.43. The molecule has 270 valence electrons. The Morgan fingerprint density at radius 2 is 1.35 bits per heavy atom. The molecule has 3 rings (SSSR count). The van der Waals surface area contributed by atoms with E-state index in [1.54, 1.807) is 27.7 Å². The van der Waals surface area contributed by atoms with Crippen molar-refractivity contribution in [1.29, 1.82) is 0 Å².